The van der Waals surface area contributed by atoms with Crippen LogP contribution in [0.25, 0.3) is 0 Å². The van der Waals surface area contributed by atoms with Crippen LogP contribution >= 0.6 is 0 Å². The van der Waals surface area contributed by atoms with Gasteiger partial charge in [-0.3, -0.25) is 0 Å². The molecule has 0 saturated carbocycles. The van der Waals surface area contributed by atoms with E-state index < -0.39 is 5.97 Å². The van der Waals surface area contributed by atoms with Crippen LogP contribution in [0.2, 0.25) is 0 Å². The van der Waals surface area contributed by atoms with Crippen molar-refractivity contribution in [2.24, 2.45) is 0 Å². The molecule has 0 spiro atoms. The molecule has 0 aliphatic carbocycles. The Hall–Kier alpha value is -1.56. The van der Waals surface area contributed by atoms with Gasteiger partial charge in [0, 0.05) is 13.2 Å². The van der Waals surface area contributed by atoms with Gasteiger partial charge in [-0.2, -0.15) is 4.98 Å². The van der Waals surface area contributed by atoms with E-state index in [1.54, 1.807) is 0 Å². The highest BCUT2D eigenvalue weighted by Gasteiger charge is 2.09. The summed E-state index contributed by atoms with van der Waals surface area (Å²) >= 11 is 0. The number of nitrogens with one attached hydrogen (secondary N) is 1. The Bertz CT molecular complexity index is 297. The molecule has 0 unspecified atom stereocenters. The lowest BCUT2D eigenvalue weighted by Gasteiger charge is -2.00. The number of hydrogen-bond donors (Lipinski definition) is 2. The van der Waals surface area contributed by atoms with Crippen LogP contribution < -0.4 is 5.32 Å². The molecule has 6 nitrogen and oxygen atoms in total. The first kappa shape index (κ1) is 10.5. The third kappa shape index (κ3) is 3.06. The van der Waals surface area contributed by atoms with E-state index in [0.717, 1.165) is 6.26 Å². The van der Waals surface area contributed by atoms with Gasteiger partial charge in [-0.15, -0.1) is 0 Å². The summed E-state index contributed by atoms with van der Waals surface area (Å²) in [4.78, 5) is 14.1. The van der Waals surface area contributed by atoms with Crippen LogP contribution in [0.3, 0.4) is 0 Å². The Morgan fingerprint density at radius 2 is 2.57 bits per heavy atom. The molecule has 1 heterocycles. The van der Waals surface area contributed by atoms with E-state index in [0.29, 0.717) is 19.8 Å². The summed E-state index contributed by atoms with van der Waals surface area (Å²) in [5.74, 6) is -1.10. The fourth-order valence-electron chi connectivity index (χ4n) is 0.828. The van der Waals surface area contributed by atoms with Crippen LogP contribution in [0.1, 0.15) is 17.4 Å². The summed E-state index contributed by atoms with van der Waals surface area (Å²) in [5, 5.41) is 11.3. The quantitative estimate of drug-likeness (QED) is 0.661. The number of oxazole rings is 1. The van der Waals surface area contributed by atoms with Gasteiger partial charge >= 0.3 is 5.97 Å². The van der Waals surface area contributed by atoms with Crippen molar-refractivity contribution in [3.8, 4) is 0 Å². The fraction of sp³-hybridized carbons (Fsp3) is 0.500. The van der Waals surface area contributed by atoms with E-state index in [9.17, 15) is 4.79 Å². The van der Waals surface area contributed by atoms with Crippen LogP contribution in [0.5, 0.6) is 0 Å². The Kier molecular flexibility index (Phi) is 3.93. The van der Waals surface area contributed by atoms with Crippen LogP contribution in [-0.4, -0.2) is 35.8 Å². The van der Waals surface area contributed by atoms with Crippen LogP contribution in [0, 0.1) is 0 Å². The number of carbonyl (C=O) groups is 1. The SMILES string of the molecule is CCOCCNc1nc(C(=O)O)co1. The standard InChI is InChI=1S/C8H12N2O4/c1-2-13-4-3-9-8-10-6(5-14-8)7(11)12/h5H,2-4H2,1H3,(H,9,10)(H,11,12). The number of nitrogens with zero attached hydrogens (tertiary/aromatic N) is 1. The second-order valence-corrected chi connectivity index (χ2v) is 2.47. The van der Waals surface area contributed by atoms with E-state index in [-0.39, 0.29) is 11.7 Å². The van der Waals surface area contributed by atoms with Crippen molar-refractivity contribution < 1.29 is 19.1 Å². The smallest absolute Gasteiger partial charge is 0.357 e. The summed E-state index contributed by atoms with van der Waals surface area (Å²) in [6.45, 7) is 3.61. The number of rotatable bonds is 6. The van der Waals surface area contributed by atoms with Gasteiger partial charge < -0.3 is 19.6 Å². The van der Waals surface area contributed by atoms with Gasteiger partial charge in [0.15, 0.2) is 5.69 Å². The monoisotopic (exact) mass is 200 g/mol. The van der Waals surface area contributed by atoms with Gasteiger partial charge in [0.05, 0.1) is 6.61 Å². The van der Waals surface area contributed by atoms with E-state index in [1.807, 2.05) is 6.92 Å². The first-order chi connectivity index (χ1) is 6.74. The van der Waals surface area contributed by atoms with E-state index >= 15 is 0 Å². The minimum Gasteiger partial charge on any atom is -0.476 e. The maximum absolute atomic E-state index is 10.4. The maximum atomic E-state index is 10.4. The highest BCUT2D eigenvalue weighted by Crippen LogP contribution is 2.06. The number of ether oxygens (including phenoxy) is 1. The summed E-state index contributed by atoms with van der Waals surface area (Å²) < 4.78 is 9.91. The molecule has 6 heteroatoms. The lowest BCUT2D eigenvalue weighted by atomic mass is 10.5. The van der Waals surface area contributed by atoms with Gasteiger partial charge in [0.25, 0.3) is 6.01 Å². The second-order valence-electron chi connectivity index (χ2n) is 2.47. The first-order valence-corrected chi connectivity index (χ1v) is 4.24. The van der Waals surface area contributed by atoms with Crippen LogP contribution in [-0.2, 0) is 4.74 Å². The summed E-state index contributed by atoms with van der Waals surface area (Å²) in [6, 6.07) is 0.196. The number of hydrogen-bond acceptors (Lipinski definition) is 5. The predicted molar refractivity (Wildman–Crippen MR) is 48.4 cm³/mol. The normalized spacial score (nSPS) is 10.1. The molecule has 1 aromatic rings. The van der Waals surface area contributed by atoms with Crippen LogP contribution in [0.4, 0.5) is 6.01 Å². The lowest BCUT2D eigenvalue weighted by molar-refractivity contribution is 0.0690. The van der Waals surface area contributed by atoms with Gasteiger partial charge in [0.1, 0.15) is 6.26 Å². The van der Waals surface area contributed by atoms with Crippen LogP contribution in [0.15, 0.2) is 10.7 Å². The molecule has 1 rings (SSSR count). The molecule has 0 aliphatic rings. The summed E-state index contributed by atoms with van der Waals surface area (Å²) in [5.41, 5.74) is -0.107. The van der Waals surface area contributed by atoms with E-state index in [1.165, 1.54) is 0 Å². The van der Waals surface area contributed by atoms with Gasteiger partial charge in [-0.05, 0) is 6.92 Å². The highest BCUT2D eigenvalue weighted by molar-refractivity contribution is 5.85. The first-order valence-electron chi connectivity index (χ1n) is 4.24. The number of aromatic carboxylic acids is 1. The van der Waals surface area contributed by atoms with Gasteiger partial charge in [0.2, 0.25) is 0 Å². The summed E-state index contributed by atoms with van der Waals surface area (Å²) in [7, 11) is 0. The molecule has 14 heavy (non-hydrogen) atoms. The zero-order valence-electron chi connectivity index (χ0n) is 7.82. The fourth-order valence-corrected chi connectivity index (χ4v) is 0.828. The Morgan fingerprint density at radius 3 is 3.14 bits per heavy atom. The molecule has 0 aromatic carbocycles. The molecule has 0 radical (unpaired) electrons. The van der Waals surface area contributed by atoms with Crippen molar-refractivity contribution in [3.63, 3.8) is 0 Å². The third-order valence-electron chi connectivity index (χ3n) is 1.45. The summed E-state index contributed by atoms with van der Waals surface area (Å²) in [6.07, 6.45) is 1.09. The molecular formula is C8H12N2O4. The minimum atomic E-state index is -1.10. The molecule has 1 aromatic heterocycles. The van der Waals surface area contributed by atoms with Crippen molar-refractivity contribution in [2.45, 2.75) is 6.92 Å². The molecule has 0 amide bonds. The molecule has 0 aliphatic heterocycles. The van der Waals surface area contributed by atoms with Crippen molar-refractivity contribution in [2.75, 3.05) is 25.1 Å². The highest BCUT2D eigenvalue weighted by atomic mass is 16.5. The topological polar surface area (TPSA) is 84.6 Å². The zero-order valence-corrected chi connectivity index (χ0v) is 7.82. The molecule has 2 N–H and O–H groups in total. The van der Waals surface area contributed by atoms with Crippen molar-refractivity contribution in [1.29, 1.82) is 0 Å². The third-order valence-corrected chi connectivity index (χ3v) is 1.45. The molecule has 78 valence electrons. The molecule has 0 fully saturated rings. The predicted octanol–water partition coefficient (Wildman–Crippen LogP) is 0.821. The average molecular weight is 200 g/mol. The van der Waals surface area contributed by atoms with Crippen molar-refractivity contribution in [3.05, 3.63) is 12.0 Å². The number of carboxylic acids is 1. The Labute approximate surface area is 80.9 Å². The zero-order chi connectivity index (χ0) is 10.4. The Morgan fingerprint density at radius 1 is 1.79 bits per heavy atom. The Balaban J connectivity index is 2.33. The van der Waals surface area contributed by atoms with Crippen molar-refractivity contribution in [1.82, 2.24) is 4.98 Å². The number of anilines is 1. The number of carboxylic acid groups (broad SMARTS) is 1. The molecule has 0 saturated heterocycles. The average Bonchev–Trinajstić information content (AvgIpc) is 2.61. The minimum absolute atomic E-state index is 0.107. The lowest BCUT2D eigenvalue weighted by Crippen LogP contribution is -2.09. The molecule has 0 atom stereocenters. The van der Waals surface area contributed by atoms with Crippen molar-refractivity contribution >= 4 is 12.0 Å². The van der Waals surface area contributed by atoms with Gasteiger partial charge in [-0.25, -0.2) is 4.79 Å². The maximum Gasteiger partial charge on any atom is 0.357 e. The largest absolute Gasteiger partial charge is 0.476 e. The number of aromatic nitrogens is 1. The van der Waals surface area contributed by atoms with Gasteiger partial charge in [-0.1, -0.05) is 0 Å². The molecule has 0 bridgehead atoms. The van der Waals surface area contributed by atoms with E-state index in [4.69, 9.17) is 14.3 Å². The van der Waals surface area contributed by atoms with E-state index in [2.05, 4.69) is 10.3 Å². The molecular weight excluding hydrogens is 188 g/mol. The second kappa shape index (κ2) is 5.23.